The number of piperidine rings is 1. The Morgan fingerprint density at radius 1 is 1.26 bits per heavy atom. The van der Waals surface area contributed by atoms with E-state index in [4.69, 9.17) is 23.2 Å². The van der Waals surface area contributed by atoms with Gasteiger partial charge in [-0.1, -0.05) is 30.1 Å². The number of carbonyl (C=O) groups is 2. The van der Waals surface area contributed by atoms with Crippen LogP contribution in [0.2, 0.25) is 10.0 Å². The van der Waals surface area contributed by atoms with E-state index < -0.39 is 0 Å². The lowest BCUT2D eigenvalue weighted by atomic mass is 9.88. The predicted molar refractivity (Wildman–Crippen MR) is 125 cm³/mol. The van der Waals surface area contributed by atoms with Crippen LogP contribution in [0.5, 0.6) is 0 Å². The number of thiophene rings is 1. The zero-order chi connectivity index (χ0) is 22.0. The lowest BCUT2D eigenvalue weighted by molar-refractivity contribution is 0.0493. The van der Waals surface area contributed by atoms with Gasteiger partial charge in [0.15, 0.2) is 0 Å². The highest BCUT2D eigenvalue weighted by Crippen LogP contribution is 2.34. The molecule has 166 valence electrons. The largest absolute Gasteiger partial charge is 0.351 e. The highest BCUT2D eigenvalue weighted by molar-refractivity contribution is 7.14. The number of hydrogen-bond acceptors (Lipinski definition) is 4. The lowest BCUT2D eigenvalue weighted by Gasteiger charge is -2.40. The second-order valence-electron chi connectivity index (χ2n) is 8.63. The molecule has 2 aliphatic rings. The summed E-state index contributed by atoms with van der Waals surface area (Å²) >= 11 is 13.7. The predicted octanol–water partition coefficient (Wildman–Crippen LogP) is 5.46. The SMILES string of the molecule is CC1CCCN(C(=O)c2ncc(Cl)cc2Cl)C1CCNC(=O)c1ccc(CC2CC2)s1. The highest BCUT2D eigenvalue weighted by atomic mass is 35.5. The number of halogens is 2. The molecule has 0 radical (unpaired) electrons. The summed E-state index contributed by atoms with van der Waals surface area (Å²) in [5, 5.41) is 3.71. The minimum atomic E-state index is -0.174. The third-order valence-corrected chi connectivity index (χ3v) is 7.79. The van der Waals surface area contributed by atoms with Gasteiger partial charge in [0, 0.05) is 30.2 Å². The molecule has 2 fully saturated rings. The number of rotatable bonds is 7. The minimum absolute atomic E-state index is 0.0314. The Hall–Kier alpha value is -1.63. The maximum atomic E-state index is 13.2. The van der Waals surface area contributed by atoms with Crippen molar-refractivity contribution < 1.29 is 9.59 Å². The van der Waals surface area contributed by atoms with E-state index in [1.165, 1.54) is 23.9 Å². The second-order valence-corrected chi connectivity index (χ2v) is 10.6. The summed E-state index contributed by atoms with van der Waals surface area (Å²) in [6.45, 7) is 3.35. The average molecular weight is 480 g/mol. The molecular weight excluding hydrogens is 453 g/mol. The van der Waals surface area contributed by atoms with Gasteiger partial charge in [0.05, 0.1) is 14.9 Å². The Kier molecular flexibility index (Phi) is 7.19. The molecule has 4 rings (SSSR count). The molecule has 31 heavy (non-hydrogen) atoms. The van der Waals surface area contributed by atoms with Crippen molar-refractivity contribution >= 4 is 46.4 Å². The molecule has 1 N–H and O–H groups in total. The number of pyridine rings is 1. The van der Waals surface area contributed by atoms with Crippen LogP contribution in [-0.4, -0.2) is 40.8 Å². The van der Waals surface area contributed by atoms with E-state index in [-0.39, 0.29) is 28.6 Å². The molecule has 1 saturated carbocycles. The molecule has 2 aromatic heterocycles. The number of nitrogens with zero attached hydrogens (tertiary/aromatic N) is 2. The van der Waals surface area contributed by atoms with E-state index >= 15 is 0 Å². The topological polar surface area (TPSA) is 62.3 Å². The molecule has 8 heteroatoms. The number of aromatic nitrogens is 1. The van der Waals surface area contributed by atoms with Gasteiger partial charge in [0.25, 0.3) is 11.8 Å². The number of carbonyl (C=O) groups excluding carboxylic acids is 2. The van der Waals surface area contributed by atoms with Gasteiger partial charge in [-0.2, -0.15) is 0 Å². The first-order chi connectivity index (χ1) is 14.9. The van der Waals surface area contributed by atoms with Gasteiger partial charge in [-0.25, -0.2) is 4.98 Å². The standard InChI is InChI=1S/C23H27Cl2N3O2S/c1-14-3-2-10-28(23(30)21-18(25)12-16(24)13-27-21)19(14)8-9-26-22(29)20-7-6-17(31-20)11-15-4-5-15/h6-7,12-15,19H,2-5,8-11H2,1H3,(H,26,29). The molecular formula is C23H27Cl2N3O2S. The summed E-state index contributed by atoms with van der Waals surface area (Å²) in [4.78, 5) is 33.8. The molecule has 1 aliphatic heterocycles. The van der Waals surface area contributed by atoms with E-state index in [2.05, 4.69) is 23.3 Å². The molecule has 0 bridgehead atoms. The molecule has 1 saturated heterocycles. The first-order valence-electron chi connectivity index (χ1n) is 10.9. The average Bonchev–Trinajstić information content (AvgIpc) is 3.42. The Balaban J connectivity index is 1.36. The summed E-state index contributed by atoms with van der Waals surface area (Å²) in [6, 6.07) is 5.57. The maximum Gasteiger partial charge on any atom is 0.274 e. The number of nitrogens with one attached hydrogen (secondary N) is 1. The van der Waals surface area contributed by atoms with Crippen molar-refractivity contribution in [2.75, 3.05) is 13.1 Å². The monoisotopic (exact) mass is 479 g/mol. The van der Waals surface area contributed by atoms with Gasteiger partial charge in [0.2, 0.25) is 0 Å². The Morgan fingerprint density at radius 2 is 2.06 bits per heavy atom. The molecule has 0 spiro atoms. The second kappa shape index (κ2) is 9.88. The van der Waals surface area contributed by atoms with E-state index in [0.717, 1.165) is 30.1 Å². The Bertz CT molecular complexity index is 960. The molecule has 2 unspecified atom stereocenters. The molecule has 1 aliphatic carbocycles. The van der Waals surface area contributed by atoms with Gasteiger partial charge < -0.3 is 10.2 Å². The smallest absolute Gasteiger partial charge is 0.274 e. The molecule has 2 aromatic rings. The normalized spacial score (nSPS) is 21.2. The van der Waals surface area contributed by atoms with Crippen molar-refractivity contribution in [3.05, 3.63) is 49.9 Å². The van der Waals surface area contributed by atoms with E-state index in [1.807, 2.05) is 11.0 Å². The third kappa shape index (κ3) is 5.60. The van der Waals surface area contributed by atoms with Gasteiger partial charge in [-0.3, -0.25) is 9.59 Å². The van der Waals surface area contributed by atoms with Crippen LogP contribution < -0.4 is 5.32 Å². The van der Waals surface area contributed by atoms with Crippen molar-refractivity contribution in [1.29, 1.82) is 0 Å². The number of likely N-dealkylation sites (tertiary alicyclic amines) is 1. The van der Waals surface area contributed by atoms with Gasteiger partial charge in [-0.15, -0.1) is 11.3 Å². The molecule has 0 aromatic carbocycles. The highest BCUT2D eigenvalue weighted by Gasteiger charge is 2.33. The fourth-order valence-corrected chi connectivity index (χ4v) is 5.79. The molecule has 5 nitrogen and oxygen atoms in total. The van der Waals surface area contributed by atoms with Gasteiger partial charge >= 0.3 is 0 Å². The zero-order valence-electron chi connectivity index (χ0n) is 17.6. The van der Waals surface area contributed by atoms with Crippen LogP contribution in [0.4, 0.5) is 0 Å². The number of amides is 2. The zero-order valence-corrected chi connectivity index (χ0v) is 19.9. The van der Waals surface area contributed by atoms with Crippen LogP contribution in [0, 0.1) is 11.8 Å². The van der Waals surface area contributed by atoms with Crippen LogP contribution >= 0.6 is 34.5 Å². The summed E-state index contributed by atoms with van der Waals surface area (Å²) in [7, 11) is 0. The fraction of sp³-hybridized carbons (Fsp3) is 0.522. The van der Waals surface area contributed by atoms with Crippen LogP contribution in [-0.2, 0) is 6.42 Å². The lowest BCUT2D eigenvalue weighted by Crippen LogP contribution is -2.49. The maximum absolute atomic E-state index is 13.2. The first-order valence-corrected chi connectivity index (χ1v) is 12.5. The Morgan fingerprint density at radius 3 is 2.81 bits per heavy atom. The summed E-state index contributed by atoms with van der Waals surface area (Å²) in [6.07, 6.45) is 7.86. The van der Waals surface area contributed by atoms with E-state index in [0.29, 0.717) is 30.5 Å². The van der Waals surface area contributed by atoms with Gasteiger partial charge in [-0.05, 0) is 68.6 Å². The quantitative estimate of drug-likeness (QED) is 0.572. The minimum Gasteiger partial charge on any atom is -0.351 e. The number of hydrogen-bond donors (Lipinski definition) is 1. The summed E-state index contributed by atoms with van der Waals surface area (Å²) in [5.41, 5.74) is 0.232. The van der Waals surface area contributed by atoms with Crippen molar-refractivity contribution in [2.24, 2.45) is 11.8 Å². The van der Waals surface area contributed by atoms with Crippen LogP contribution in [0.1, 0.15) is 64.1 Å². The van der Waals surface area contributed by atoms with Gasteiger partial charge in [0.1, 0.15) is 5.69 Å². The van der Waals surface area contributed by atoms with Crippen molar-refractivity contribution in [3.63, 3.8) is 0 Å². The van der Waals surface area contributed by atoms with Crippen molar-refractivity contribution in [2.45, 2.75) is 51.5 Å². The molecule has 3 heterocycles. The van der Waals surface area contributed by atoms with Crippen LogP contribution in [0.25, 0.3) is 0 Å². The van der Waals surface area contributed by atoms with Crippen LogP contribution in [0.3, 0.4) is 0 Å². The molecule has 2 atom stereocenters. The van der Waals surface area contributed by atoms with Crippen molar-refractivity contribution in [1.82, 2.24) is 15.2 Å². The summed E-state index contributed by atoms with van der Waals surface area (Å²) < 4.78 is 0. The summed E-state index contributed by atoms with van der Waals surface area (Å²) in [5.74, 6) is 0.949. The third-order valence-electron chi connectivity index (χ3n) is 6.18. The molecule has 2 amide bonds. The van der Waals surface area contributed by atoms with E-state index in [9.17, 15) is 9.59 Å². The van der Waals surface area contributed by atoms with Crippen LogP contribution in [0.15, 0.2) is 24.4 Å². The van der Waals surface area contributed by atoms with Crippen molar-refractivity contribution in [3.8, 4) is 0 Å². The fourth-order valence-electron chi connectivity index (χ4n) is 4.29. The Labute approximate surface area is 197 Å². The van der Waals surface area contributed by atoms with E-state index in [1.54, 1.807) is 17.4 Å². The first kappa shape index (κ1) is 22.6.